The highest BCUT2D eigenvalue weighted by molar-refractivity contribution is 9.10. The van der Waals surface area contributed by atoms with E-state index in [2.05, 4.69) is 31.9 Å². The van der Waals surface area contributed by atoms with Crippen molar-refractivity contribution in [3.8, 4) is 5.75 Å². The number of methoxy groups -OCH3 is 1. The van der Waals surface area contributed by atoms with Crippen molar-refractivity contribution < 1.29 is 9.13 Å². The predicted octanol–water partition coefficient (Wildman–Crippen LogP) is 4.41. The highest BCUT2D eigenvalue weighted by atomic mass is 79.9. The van der Waals surface area contributed by atoms with Crippen LogP contribution in [0.15, 0.2) is 45.3 Å². The van der Waals surface area contributed by atoms with Crippen LogP contribution in [-0.2, 0) is 0 Å². The molecule has 1 atom stereocenters. The Labute approximate surface area is 128 Å². The topological polar surface area (TPSA) is 35.2 Å². The minimum atomic E-state index is -0.410. The second-order valence-corrected chi connectivity index (χ2v) is 5.75. The van der Waals surface area contributed by atoms with Gasteiger partial charge in [0.1, 0.15) is 11.6 Å². The molecule has 0 aliphatic heterocycles. The monoisotopic (exact) mass is 387 g/mol. The minimum absolute atomic E-state index is 0.304. The molecule has 0 fully saturated rings. The summed E-state index contributed by atoms with van der Waals surface area (Å²) in [6, 6.07) is 9.64. The van der Waals surface area contributed by atoms with Gasteiger partial charge in [-0.25, -0.2) is 4.39 Å². The first kappa shape index (κ1) is 14.5. The maximum atomic E-state index is 13.3. The van der Waals surface area contributed by atoms with Gasteiger partial charge >= 0.3 is 0 Å². The number of rotatable bonds is 3. The second-order valence-electron chi connectivity index (χ2n) is 4.04. The smallest absolute Gasteiger partial charge is 0.133 e. The van der Waals surface area contributed by atoms with E-state index in [4.69, 9.17) is 10.5 Å². The average Bonchev–Trinajstić information content (AvgIpc) is 2.40. The van der Waals surface area contributed by atoms with E-state index in [0.29, 0.717) is 5.56 Å². The van der Waals surface area contributed by atoms with Crippen molar-refractivity contribution in [2.45, 2.75) is 6.04 Å². The normalized spacial score (nSPS) is 12.3. The van der Waals surface area contributed by atoms with Crippen molar-refractivity contribution in [1.29, 1.82) is 0 Å². The third kappa shape index (κ3) is 3.16. The lowest BCUT2D eigenvalue weighted by Crippen LogP contribution is -2.13. The Hall–Kier alpha value is -0.910. The molecule has 2 rings (SSSR count). The molecule has 5 heteroatoms. The first-order chi connectivity index (χ1) is 9.02. The van der Waals surface area contributed by atoms with Gasteiger partial charge in [0.05, 0.1) is 17.6 Å². The van der Waals surface area contributed by atoms with E-state index in [1.54, 1.807) is 13.2 Å². The average molecular weight is 389 g/mol. The molecular weight excluding hydrogens is 377 g/mol. The molecule has 0 saturated carbocycles. The zero-order valence-corrected chi connectivity index (χ0v) is 13.3. The van der Waals surface area contributed by atoms with Gasteiger partial charge in [-0.3, -0.25) is 0 Å². The lowest BCUT2D eigenvalue weighted by molar-refractivity contribution is 0.412. The molecule has 0 aliphatic rings. The van der Waals surface area contributed by atoms with Crippen LogP contribution in [0.1, 0.15) is 17.2 Å². The minimum Gasteiger partial charge on any atom is -0.496 e. The van der Waals surface area contributed by atoms with E-state index in [1.807, 2.05) is 18.2 Å². The summed E-state index contributed by atoms with van der Waals surface area (Å²) in [6.45, 7) is 0. The number of halogens is 3. The predicted molar refractivity (Wildman–Crippen MR) is 80.8 cm³/mol. The van der Waals surface area contributed by atoms with E-state index in [9.17, 15) is 4.39 Å². The maximum absolute atomic E-state index is 13.3. The van der Waals surface area contributed by atoms with Crippen LogP contribution in [-0.4, -0.2) is 7.11 Å². The lowest BCUT2D eigenvalue weighted by atomic mass is 9.99. The molecule has 0 bridgehead atoms. The molecule has 0 aromatic heterocycles. The van der Waals surface area contributed by atoms with Gasteiger partial charge in [-0.2, -0.15) is 0 Å². The number of hydrogen-bond donors (Lipinski definition) is 1. The Kier molecular flexibility index (Phi) is 4.60. The molecule has 0 spiro atoms. The molecule has 2 N–H and O–H groups in total. The van der Waals surface area contributed by atoms with Crippen LogP contribution in [0.2, 0.25) is 0 Å². The van der Waals surface area contributed by atoms with Gasteiger partial charge in [0, 0.05) is 4.47 Å². The summed E-state index contributed by atoms with van der Waals surface area (Å²) in [7, 11) is 1.60. The molecule has 19 heavy (non-hydrogen) atoms. The third-order valence-corrected chi connectivity index (χ3v) is 4.17. The summed E-state index contributed by atoms with van der Waals surface area (Å²) in [5.41, 5.74) is 7.77. The van der Waals surface area contributed by atoms with Gasteiger partial charge in [-0.1, -0.05) is 22.0 Å². The van der Waals surface area contributed by atoms with Gasteiger partial charge < -0.3 is 10.5 Å². The van der Waals surface area contributed by atoms with Crippen LogP contribution >= 0.6 is 31.9 Å². The molecule has 2 aromatic rings. The van der Waals surface area contributed by atoms with Crippen molar-refractivity contribution in [2.75, 3.05) is 7.11 Å². The second kappa shape index (κ2) is 6.03. The first-order valence-electron chi connectivity index (χ1n) is 5.57. The molecule has 100 valence electrons. The Morgan fingerprint density at radius 1 is 1.11 bits per heavy atom. The van der Waals surface area contributed by atoms with E-state index in [-0.39, 0.29) is 5.82 Å². The highest BCUT2D eigenvalue weighted by Crippen LogP contribution is 2.32. The molecule has 2 aromatic carbocycles. The molecule has 0 amide bonds. The molecule has 0 radical (unpaired) electrons. The zero-order valence-electron chi connectivity index (χ0n) is 10.2. The summed E-state index contributed by atoms with van der Waals surface area (Å²) in [4.78, 5) is 0. The van der Waals surface area contributed by atoms with Gasteiger partial charge in [-0.05, 0) is 57.4 Å². The number of nitrogens with two attached hydrogens (primary N) is 1. The van der Waals surface area contributed by atoms with Gasteiger partial charge in [0.25, 0.3) is 0 Å². The molecule has 0 saturated heterocycles. The summed E-state index contributed by atoms with van der Waals surface area (Å²) >= 11 is 6.81. The number of ether oxygens (including phenoxy) is 1. The summed E-state index contributed by atoms with van der Waals surface area (Å²) in [5.74, 6) is 0.426. The first-order valence-corrected chi connectivity index (χ1v) is 7.15. The fourth-order valence-electron chi connectivity index (χ4n) is 1.81. The number of benzene rings is 2. The quantitative estimate of drug-likeness (QED) is 0.845. The van der Waals surface area contributed by atoms with E-state index in [1.165, 1.54) is 12.1 Å². The summed E-state index contributed by atoms with van der Waals surface area (Å²) in [6.07, 6.45) is 0. The zero-order chi connectivity index (χ0) is 14.0. The summed E-state index contributed by atoms with van der Waals surface area (Å²) < 4.78 is 20.1. The Balaban J connectivity index is 2.41. The summed E-state index contributed by atoms with van der Waals surface area (Å²) in [5, 5.41) is 0. The Bertz CT molecular complexity index is 604. The molecule has 0 aliphatic carbocycles. The SMILES string of the molecule is COc1ccc(C(N)c2cc(F)ccc2Br)cc1Br. The third-order valence-electron chi connectivity index (χ3n) is 2.83. The van der Waals surface area contributed by atoms with Gasteiger partial charge in [-0.15, -0.1) is 0 Å². The van der Waals surface area contributed by atoms with Crippen LogP contribution in [0.5, 0.6) is 5.75 Å². The fourth-order valence-corrected chi connectivity index (χ4v) is 2.86. The van der Waals surface area contributed by atoms with Crippen molar-refractivity contribution in [2.24, 2.45) is 5.73 Å². The maximum Gasteiger partial charge on any atom is 0.133 e. The largest absolute Gasteiger partial charge is 0.496 e. The van der Waals surface area contributed by atoms with Crippen LogP contribution < -0.4 is 10.5 Å². The molecule has 0 heterocycles. The molecule has 2 nitrogen and oxygen atoms in total. The van der Waals surface area contributed by atoms with Crippen LogP contribution in [0.4, 0.5) is 4.39 Å². The van der Waals surface area contributed by atoms with Crippen molar-refractivity contribution in [3.05, 3.63) is 62.3 Å². The Morgan fingerprint density at radius 3 is 2.47 bits per heavy atom. The lowest BCUT2D eigenvalue weighted by Gasteiger charge is -2.16. The van der Waals surface area contributed by atoms with Crippen molar-refractivity contribution in [3.63, 3.8) is 0 Å². The number of hydrogen-bond acceptors (Lipinski definition) is 2. The van der Waals surface area contributed by atoms with E-state index < -0.39 is 6.04 Å². The van der Waals surface area contributed by atoms with Gasteiger partial charge in [0.2, 0.25) is 0 Å². The fraction of sp³-hybridized carbons (Fsp3) is 0.143. The highest BCUT2D eigenvalue weighted by Gasteiger charge is 2.14. The van der Waals surface area contributed by atoms with Gasteiger partial charge in [0.15, 0.2) is 0 Å². The molecular formula is C14H12Br2FNO. The van der Waals surface area contributed by atoms with E-state index in [0.717, 1.165) is 20.3 Å². The van der Waals surface area contributed by atoms with Crippen LogP contribution in [0.3, 0.4) is 0 Å². The van der Waals surface area contributed by atoms with Crippen molar-refractivity contribution in [1.82, 2.24) is 0 Å². The standard InChI is InChI=1S/C14H12Br2FNO/c1-19-13-5-2-8(6-12(13)16)14(18)10-7-9(17)3-4-11(10)15/h2-7,14H,18H2,1H3. The molecule has 1 unspecified atom stereocenters. The van der Waals surface area contributed by atoms with Crippen LogP contribution in [0.25, 0.3) is 0 Å². The van der Waals surface area contributed by atoms with E-state index >= 15 is 0 Å². The Morgan fingerprint density at radius 2 is 1.84 bits per heavy atom. The van der Waals surface area contributed by atoms with Crippen LogP contribution in [0, 0.1) is 5.82 Å². The van der Waals surface area contributed by atoms with Crippen molar-refractivity contribution >= 4 is 31.9 Å².